The molecule has 1 aliphatic rings. The number of halogens is 1. The van der Waals surface area contributed by atoms with Gasteiger partial charge in [-0.25, -0.2) is 0 Å². The van der Waals surface area contributed by atoms with Gasteiger partial charge < -0.3 is 20.2 Å². The van der Waals surface area contributed by atoms with Crippen LogP contribution in [0.25, 0.3) is 0 Å². The highest BCUT2D eigenvalue weighted by Gasteiger charge is 2.43. The number of carbonyl (C=O) groups is 1. The molecule has 0 spiro atoms. The molecule has 0 heterocycles. The van der Waals surface area contributed by atoms with E-state index in [0.717, 1.165) is 12.1 Å². The molecule has 1 saturated carbocycles. The fourth-order valence-corrected chi connectivity index (χ4v) is 3.64. The molecule has 8 nitrogen and oxygen atoms in total. The summed E-state index contributed by atoms with van der Waals surface area (Å²) in [5, 5.41) is 12.8. The molecule has 0 radical (unpaired) electrons. The van der Waals surface area contributed by atoms with Crippen LogP contribution in [0.3, 0.4) is 0 Å². The standard InChI is InChI=1S/C23H25ClN4O4/c1-14(21(27-30-2)20-12-19(20)15-8-10-17(24)11-9-15)26-32-13-16-6-4-5-7-18(16)22(23(25)29)28-31-3/h4-11,19-20H,12-13H2,1-3H3,(H2,25,29)/t19-,20+/m0/s1. The van der Waals surface area contributed by atoms with Crippen LogP contribution in [0.2, 0.25) is 5.02 Å². The first-order valence-corrected chi connectivity index (χ1v) is 10.4. The van der Waals surface area contributed by atoms with Crippen molar-refractivity contribution in [1.29, 1.82) is 0 Å². The Hall–Kier alpha value is -3.39. The lowest BCUT2D eigenvalue weighted by molar-refractivity contribution is -0.112. The van der Waals surface area contributed by atoms with Crippen LogP contribution in [0, 0.1) is 5.92 Å². The zero-order chi connectivity index (χ0) is 23.1. The lowest BCUT2D eigenvalue weighted by Gasteiger charge is -2.09. The molecule has 2 N–H and O–H groups in total. The summed E-state index contributed by atoms with van der Waals surface area (Å²) in [6.07, 6.45) is 0.939. The molecule has 0 bridgehead atoms. The molecule has 32 heavy (non-hydrogen) atoms. The second-order valence-electron chi connectivity index (χ2n) is 7.25. The zero-order valence-electron chi connectivity index (χ0n) is 18.1. The minimum atomic E-state index is -0.699. The summed E-state index contributed by atoms with van der Waals surface area (Å²) in [4.78, 5) is 27.1. The average Bonchev–Trinajstić information content (AvgIpc) is 3.57. The Bertz CT molecular complexity index is 1050. The van der Waals surface area contributed by atoms with Crippen LogP contribution in [0.1, 0.15) is 36.0 Å². The molecule has 3 rings (SSSR count). The number of nitrogens with zero attached hydrogens (tertiary/aromatic N) is 3. The van der Waals surface area contributed by atoms with Gasteiger partial charge in [-0.15, -0.1) is 0 Å². The van der Waals surface area contributed by atoms with E-state index in [1.807, 2.05) is 37.3 Å². The predicted octanol–water partition coefficient (Wildman–Crippen LogP) is 3.87. The Morgan fingerprint density at radius 2 is 1.75 bits per heavy atom. The van der Waals surface area contributed by atoms with Crippen LogP contribution in [0.15, 0.2) is 64.0 Å². The summed E-state index contributed by atoms with van der Waals surface area (Å²) >= 11 is 5.99. The average molecular weight is 457 g/mol. The van der Waals surface area contributed by atoms with Gasteiger partial charge in [0.1, 0.15) is 32.2 Å². The van der Waals surface area contributed by atoms with Crippen LogP contribution >= 0.6 is 11.6 Å². The molecule has 168 valence electrons. The van der Waals surface area contributed by atoms with Gasteiger partial charge in [0.15, 0.2) is 5.71 Å². The SMILES string of the molecule is CON=C(C(N)=O)c1ccccc1CON=C(C)C(=NOC)[C@@H]1C[C@H]1c1ccc(Cl)cc1. The van der Waals surface area contributed by atoms with Gasteiger partial charge >= 0.3 is 0 Å². The number of amides is 1. The lowest BCUT2D eigenvalue weighted by atomic mass is 10.0. The minimum absolute atomic E-state index is 0.0119. The van der Waals surface area contributed by atoms with Crippen LogP contribution in [-0.2, 0) is 25.9 Å². The third-order valence-electron chi connectivity index (χ3n) is 5.11. The number of rotatable bonds is 10. The molecule has 1 amide bonds. The van der Waals surface area contributed by atoms with Crippen LogP contribution in [0.4, 0.5) is 0 Å². The number of primary amides is 1. The highest BCUT2D eigenvalue weighted by atomic mass is 35.5. The molecule has 0 unspecified atom stereocenters. The van der Waals surface area contributed by atoms with E-state index in [1.54, 1.807) is 18.2 Å². The zero-order valence-corrected chi connectivity index (χ0v) is 18.9. The number of oxime groups is 3. The number of carbonyl (C=O) groups excluding carboxylic acids is 1. The third-order valence-corrected chi connectivity index (χ3v) is 5.36. The second kappa shape index (κ2) is 10.8. The van der Waals surface area contributed by atoms with E-state index in [0.29, 0.717) is 27.8 Å². The van der Waals surface area contributed by atoms with Crippen molar-refractivity contribution >= 4 is 34.6 Å². The molecule has 0 saturated heterocycles. The van der Waals surface area contributed by atoms with Crippen LogP contribution in [0.5, 0.6) is 0 Å². The van der Waals surface area contributed by atoms with Crippen molar-refractivity contribution in [2.24, 2.45) is 27.1 Å². The molecular formula is C23H25ClN4O4. The topological polar surface area (TPSA) is 108 Å². The van der Waals surface area contributed by atoms with Gasteiger partial charge in [-0.3, -0.25) is 4.79 Å². The highest BCUT2D eigenvalue weighted by Crippen LogP contribution is 2.48. The molecule has 0 aliphatic heterocycles. The smallest absolute Gasteiger partial charge is 0.271 e. The van der Waals surface area contributed by atoms with Crippen molar-refractivity contribution in [3.63, 3.8) is 0 Å². The maximum Gasteiger partial charge on any atom is 0.271 e. The first kappa shape index (κ1) is 23.3. The number of hydrogen-bond donors (Lipinski definition) is 1. The molecule has 2 aromatic carbocycles. The maximum atomic E-state index is 11.7. The number of benzene rings is 2. The first-order valence-electron chi connectivity index (χ1n) is 9.98. The van der Waals surface area contributed by atoms with E-state index >= 15 is 0 Å². The Morgan fingerprint density at radius 3 is 2.41 bits per heavy atom. The molecule has 2 atom stereocenters. The van der Waals surface area contributed by atoms with Gasteiger partial charge in [0.2, 0.25) is 0 Å². The highest BCUT2D eigenvalue weighted by molar-refractivity contribution is 6.45. The number of hydrogen-bond acceptors (Lipinski definition) is 7. The summed E-state index contributed by atoms with van der Waals surface area (Å²) in [5.41, 5.74) is 9.20. The van der Waals surface area contributed by atoms with E-state index in [9.17, 15) is 4.79 Å². The molecule has 1 aliphatic carbocycles. The fraction of sp³-hybridized carbons (Fsp3) is 0.304. The summed E-state index contributed by atoms with van der Waals surface area (Å²) in [6, 6.07) is 14.9. The molecule has 1 fully saturated rings. The third kappa shape index (κ3) is 5.64. The Labute approximate surface area is 191 Å². The monoisotopic (exact) mass is 456 g/mol. The normalized spacial score (nSPS) is 18.8. The minimum Gasteiger partial charge on any atom is -0.399 e. The lowest BCUT2D eigenvalue weighted by Crippen LogP contribution is -2.25. The van der Waals surface area contributed by atoms with Gasteiger partial charge in [0.05, 0.1) is 0 Å². The van der Waals surface area contributed by atoms with Gasteiger partial charge in [0, 0.05) is 22.1 Å². The van der Waals surface area contributed by atoms with E-state index in [1.165, 1.54) is 19.8 Å². The van der Waals surface area contributed by atoms with Gasteiger partial charge in [0.25, 0.3) is 5.91 Å². The van der Waals surface area contributed by atoms with E-state index < -0.39 is 5.91 Å². The summed E-state index contributed by atoms with van der Waals surface area (Å²) in [7, 11) is 2.85. The van der Waals surface area contributed by atoms with Crippen molar-refractivity contribution in [3.8, 4) is 0 Å². The Kier molecular flexibility index (Phi) is 7.83. The van der Waals surface area contributed by atoms with Crippen molar-refractivity contribution in [1.82, 2.24) is 0 Å². The van der Waals surface area contributed by atoms with Gasteiger partial charge in [-0.1, -0.05) is 63.5 Å². The van der Waals surface area contributed by atoms with Crippen LogP contribution in [-0.4, -0.2) is 37.3 Å². The Balaban J connectivity index is 1.71. The predicted molar refractivity (Wildman–Crippen MR) is 124 cm³/mol. The Morgan fingerprint density at radius 1 is 1.06 bits per heavy atom. The quantitative estimate of drug-likeness (QED) is 0.432. The largest absolute Gasteiger partial charge is 0.399 e. The maximum absolute atomic E-state index is 11.7. The summed E-state index contributed by atoms with van der Waals surface area (Å²) in [5.74, 6) is -0.183. The number of nitrogens with two attached hydrogens (primary N) is 1. The van der Waals surface area contributed by atoms with Crippen molar-refractivity contribution in [3.05, 3.63) is 70.2 Å². The van der Waals surface area contributed by atoms with Gasteiger partial charge in [-0.2, -0.15) is 0 Å². The second-order valence-corrected chi connectivity index (χ2v) is 7.69. The molecular weight excluding hydrogens is 432 g/mol. The van der Waals surface area contributed by atoms with Crippen molar-refractivity contribution in [2.75, 3.05) is 14.2 Å². The molecule has 9 heteroatoms. The van der Waals surface area contributed by atoms with Gasteiger partial charge in [-0.05, 0) is 37.0 Å². The van der Waals surface area contributed by atoms with E-state index in [2.05, 4.69) is 15.5 Å². The van der Waals surface area contributed by atoms with Crippen LogP contribution < -0.4 is 5.73 Å². The fourth-order valence-electron chi connectivity index (χ4n) is 3.52. The summed E-state index contributed by atoms with van der Waals surface area (Å²) in [6.45, 7) is 1.93. The first-order chi connectivity index (χ1) is 15.5. The molecule has 0 aromatic heterocycles. The van der Waals surface area contributed by atoms with Crippen molar-refractivity contribution < 1.29 is 19.3 Å². The van der Waals surface area contributed by atoms with E-state index in [-0.39, 0.29) is 18.2 Å². The van der Waals surface area contributed by atoms with E-state index in [4.69, 9.17) is 31.8 Å². The summed E-state index contributed by atoms with van der Waals surface area (Å²) < 4.78 is 0. The molecule has 2 aromatic rings. The van der Waals surface area contributed by atoms with Crippen molar-refractivity contribution in [2.45, 2.75) is 25.9 Å².